The summed E-state index contributed by atoms with van der Waals surface area (Å²) in [5.41, 5.74) is 1.92. The molecule has 2 aromatic rings. The van der Waals surface area contributed by atoms with Gasteiger partial charge >= 0.3 is 6.09 Å². The molecule has 2 aromatic carbocycles. The van der Waals surface area contributed by atoms with Gasteiger partial charge in [-0.3, -0.25) is 4.90 Å². The molecule has 0 unspecified atom stereocenters. The van der Waals surface area contributed by atoms with Crippen molar-refractivity contribution in [1.29, 1.82) is 5.26 Å². The summed E-state index contributed by atoms with van der Waals surface area (Å²) in [6, 6.07) is 16.9. The van der Waals surface area contributed by atoms with Crippen LogP contribution in [0.1, 0.15) is 24.5 Å². The highest BCUT2D eigenvalue weighted by molar-refractivity contribution is 9.10. The van der Waals surface area contributed by atoms with Crippen LogP contribution in [-0.2, 0) is 11.3 Å². The topological polar surface area (TPSA) is 53.3 Å². The van der Waals surface area contributed by atoms with Crippen molar-refractivity contribution < 1.29 is 9.53 Å². The van der Waals surface area contributed by atoms with Gasteiger partial charge in [0.2, 0.25) is 0 Å². The molecule has 0 N–H and O–H groups in total. The number of nitriles is 1. The first-order valence-corrected chi connectivity index (χ1v) is 8.13. The van der Waals surface area contributed by atoms with Crippen molar-refractivity contribution in [2.24, 2.45) is 0 Å². The maximum absolute atomic E-state index is 12.4. The zero-order chi connectivity index (χ0) is 16.7. The van der Waals surface area contributed by atoms with Gasteiger partial charge in [-0.15, -0.1) is 0 Å². The van der Waals surface area contributed by atoms with Gasteiger partial charge in [-0.05, 0) is 30.2 Å². The summed E-state index contributed by atoms with van der Waals surface area (Å²) in [6.45, 7) is 2.67. The highest BCUT2D eigenvalue weighted by Gasteiger charge is 2.19. The minimum absolute atomic E-state index is 0.207. The molecule has 5 heteroatoms. The van der Waals surface area contributed by atoms with Crippen molar-refractivity contribution in [1.82, 2.24) is 0 Å². The van der Waals surface area contributed by atoms with E-state index in [4.69, 9.17) is 4.74 Å². The minimum Gasteiger partial charge on any atom is -0.444 e. The average Bonchev–Trinajstić information content (AvgIpc) is 2.58. The van der Waals surface area contributed by atoms with Gasteiger partial charge in [-0.1, -0.05) is 53.2 Å². The van der Waals surface area contributed by atoms with Gasteiger partial charge in [-0.25, -0.2) is 4.79 Å². The predicted molar refractivity (Wildman–Crippen MR) is 93.1 cm³/mol. The number of nitrogens with zero attached hydrogens (tertiary/aromatic N) is 2. The van der Waals surface area contributed by atoms with Crippen molar-refractivity contribution in [2.45, 2.75) is 20.0 Å². The first kappa shape index (κ1) is 17.0. The molecule has 0 bridgehead atoms. The molecule has 0 aliphatic rings. The summed E-state index contributed by atoms with van der Waals surface area (Å²) >= 11 is 3.34. The second-order valence-electron chi connectivity index (χ2n) is 4.97. The lowest BCUT2D eigenvalue weighted by atomic mass is 10.1. The molecule has 4 nitrogen and oxygen atoms in total. The van der Waals surface area contributed by atoms with Crippen LogP contribution in [0.2, 0.25) is 0 Å². The molecule has 0 radical (unpaired) electrons. The van der Waals surface area contributed by atoms with Crippen molar-refractivity contribution >= 4 is 27.7 Å². The number of hydrogen-bond donors (Lipinski definition) is 0. The van der Waals surface area contributed by atoms with E-state index in [-0.39, 0.29) is 6.61 Å². The Labute approximate surface area is 144 Å². The largest absolute Gasteiger partial charge is 0.444 e. The Hall–Kier alpha value is -2.32. The third-order valence-electron chi connectivity index (χ3n) is 3.24. The van der Waals surface area contributed by atoms with Gasteiger partial charge in [0.25, 0.3) is 0 Å². The fourth-order valence-electron chi connectivity index (χ4n) is 2.16. The zero-order valence-corrected chi connectivity index (χ0v) is 14.4. The molecule has 0 atom stereocenters. The highest BCUT2D eigenvalue weighted by Crippen LogP contribution is 2.25. The van der Waals surface area contributed by atoms with E-state index in [2.05, 4.69) is 22.0 Å². The molecule has 118 valence electrons. The Balaban J connectivity index is 2.18. The highest BCUT2D eigenvalue weighted by atomic mass is 79.9. The molecule has 0 aliphatic heterocycles. The molecule has 0 aromatic heterocycles. The van der Waals surface area contributed by atoms with Crippen molar-refractivity contribution in [2.75, 3.05) is 11.4 Å². The maximum atomic E-state index is 12.4. The third kappa shape index (κ3) is 4.57. The van der Waals surface area contributed by atoms with Gasteiger partial charge < -0.3 is 4.74 Å². The van der Waals surface area contributed by atoms with E-state index in [1.807, 2.05) is 43.3 Å². The lowest BCUT2D eigenvalue weighted by Crippen LogP contribution is -2.32. The van der Waals surface area contributed by atoms with Crippen LogP contribution in [0.3, 0.4) is 0 Å². The van der Waals surface area contributed by atoms with Crippen LogP contribution in [-0.4, -0.2) is 12.6 Å². The van der Waals surface area contributed by atoms with Crippen LogP contribution in [0.4, 0.5) is 10.5 Å². The van der Waals surface area contributed by atoms with Crippen LogP contribution in [0.5, 0.6) is 0 Å². The summed E-state index contributed by atoms with van der Waals surface area (Å²) in [4.78, 5) is 14.0. The summed E-state index contributed by atoms with van der Waals surface area (Å²) < 4.78 is 6.19. The lowest BCUT2D eigenvalue weighted by Gasteiger charge is -2.22. The first-order chi connectivity index (χ1) is 11.2. The van der Waals surface area contributed by atoms with E-state index in [1.54, 1.807) is 12.1 Å². The second kappa shape index (κ2) is 8.35. The Kier molecular flexibility index (Phi) is 6.19. The number of carbonyl (C=O) groups is 1. The molecule has 0 spiro atoms. The van der Waals surface area contributed by atoms with Gasteiger partial charge in [0.15, 0.2) is 0 Å². The van der Waals surface area contributed by atoms with Gasteiger partial charge in [0.05, 0.1) is 11.3 Å². The lowest BCUT2D eigenvalue weighted by molar-refractivity contribution is 0.147. The number of ether oxygens (including phenoxy) is 1. The van der Waals surface area contributed by atoms with Crippen molar-refractivity contribution in [3.8, 4) is 6.07 Å². The summed E-state index contributed by atoms with van der Waals surface area (Å²) in [6.07, 6.45) is 0.316. The number of anilines is 1. The Morgan fingerprint density at radius 3 is 2.65 bits per heavy atom. The normalized spacial score (nSPS) is 9.96. The van der Waals surface area contributed by atoms with E-state index >= 15 is 0 Å². The number of benzene rings is 2. The van der Waals surface area contributed by atoms with E-state index < -0.39 is 6.09 Å². The number of amides is 1. The number of halogens is 1. The summed E-state index contributed by atoms with van der Waals surface area (Å²) in [7, 11) is 0. The monoisotopic (exact) mass is 372 g/mol. The SMILES string of the molecule is CCCN(C(=O)OCc1ccccc1)c1ccc(Br)cc1C#N. The Bertz CT molecular complexity index is 711. The molecule has 0 aliphatic carbocycles. The Morgan fingerprint density at radius 2 is 2.00 bits per heavy atom. The second-order valence-corrected chi connectivity index (χ2v) is 5.88. The van der Waals surface area contributed by atoms with Crippen LogP contribution in [0.15, 0.2) is 53.0 Å². The molecule has 0 saturated carbocycles. The zero-order valence-electron chi connectivity index (χ0n) is 12.8. The van der Waals surface area contributed by atoms with Crippen LogP contribution in [0, 0.1) is 11.3 Å². The van der Waals surface area contributed by atoms with E-state index in [0.29, 0.717) is 17.8 Å². The number of hydrogen-bond acceptors (Lipinski definition) is 3. The smallest absolute Gasteiger partial charge is 0.414 e. The quantitative estimate of drug-likeness (QED) is 0.751. The van der Waals surface area contributed by atoms with Gasteiger partial charge in [0.1, 0.15) is 12.7 Å². The fourth-order valence-corrected chi connectivity index (χ4v) is 2.53. The molecule has 23 heavy (non-hydrogen) atoms. The first-order valence-electron chi connectivity index (χ1n) is 7.33. The van der Waals surface area contributed by atoms with Crippen LogP contribution >= 0.6 is 15.9 Å². The van der Waals surface area contributed by atoms with E-state index in [0.717, 1.165) is 16.5 Å². The standard InChI is InChI=1S/C18H17BrN2O2/c1-2-10-21(17-9-8-16(19)11-15(17)12-20)18(22)23-13-14-6-4-3-5-7-14/h3-9,11H,2,10,13H2,1H3. The van der Waals surface area contributed by atoms with Gasteiger partial charge in [-0.2, -0.15) is 5.26 Å². The van der Waals surface area contributed by atoms with Crippen molar-refractivity contribution in [3.63, 3.8) is 0 Å². The molecule has 0 heterocycles. The third-order valence-corrected chi connectivity index (χ3v) is 3.74. The maximum Gasteiger partial charge on any atom is 0.414 e. The molecular formula is C18H17BrN2O2. The number of carbonyl (C=O) groups excluding carboxylic acids is 1. The average molecular weight is 373 g/mol. The van der Waals surface area contributed by atoms with E-state index in [9.17, 15) is 10.1 Å². The van der Waals surface area contributed by atoms with Crippen LogP contribution < -0.4 is 4.90 Å². The summed E-state index contributed by atoms with van der Waals surface area (Å²) in [5.74, 6) is 0. The van der Waals surface area contributed by atoms with Crippen LogP contribution in [0.25, 0.3) is 0 Å². The summed E-state index contributed by atoms with van der Waals surface area (Å²) in [5, 5.41) is 9.30. The molecule has 2 rings (SSSR count). The van der Waals surface area contributed by atoms with Gasteiger partial charge in [0, 0.05) is 11.0 Å². The predicted octanol–water partition coefficient (Wildman–Crippen LogP) is 4.87. The van der Waals surface area contributed by atoms with E-state index in [1.165, 1.54) is 4.90 Å². The Morgan fingerprint density at radius 1 is 1.26 bits per heavy atom. The molecular weight excluding hydrogens is 356 g/mol. The molecule has 1 amide bonds. The molecule has 0 fully saturated rings. The molecule has 0 saturated heterocycles. The van der Waals surface area contributed by atoms with Crippen molar-refractivity contribution in [3.05, 3.63) is 64.1 Å². The minimum atomic E-state index is -0.450. The number of rotatable bonds is 5. The fraction of sp³-hybridized carbons (Fsp3) is 0.222.